The van der Waals surface area contributed by atoms with E-state index in [9.17, 15) is 10.1 Å². The minimum atomic E-state index is -1.45. The van der Waals surface area contributed by atoms with Crippen LogP contribution in [-0.4, -0.2) is 18.5 Å². The highest BCUT2D eigenvalue weighted by Crippen LogP contribution is 2.37. The molecule has 0 aliphatic heterocycles. The summed E-state index contributed by atoms with van der Waals surface area (Å²) in [5.74, 6) is -0.644. The number of nitriles is 1. The number of carbonyl (C=O) groups is 1. The molecule has 3 nitrogen and oxygen atoms in total. The molecule has 0 N–H and O–H groups in total. The Balaban J connectivity index is 2.38. The van der Waals surface area contributed by atoms with Crippen LogP contribution in [0.3, 0.4) is 0 Å². The van der Waals surface area contributed by atoms with Crippen molar-refractivity contribution < 1.29 is 9.53 Å². The largest absolute Gasteiger partial charge is 0.468 e. The molecule has 2 rings (SSSR count). The minimum Gasteiger partial charge on any atom is -0.468 e. The molecular formula is C15H12ClNO2. The molecule has 1 aliphatic carbocycles. The summed E-state index contributed by atoms with van der Waals surface area (Å²) in [6.07, 6.45) is 4.95. The standard InChI is InChI=1S/C15H12ClNO2/c1-19-14(18)15(10-17)8-7-12(9-13(15)16)11-5-3-2-4-6-11/h2-9,13H,1H3. The minimum absolute atomic E-state index is 0.644. The summed E-state index contributed by atoms with van der Waals surface area (Å²) in [5, 5.41) is 8.50. The van der Waals surface area contributed by atoms with Crippen molar-refractivity contribution in [3.63, 3.8) is 0 Å². The summed E-state index contributed by atoms with van der Waals surface area (Å²) in [4.78, 5) is 11.8. The van der Waals surface area contributed by atoms with E-state index in [4.69, 9.17) is 11.6 Å². The third-order valence-corrected chi connectivity index (χ3v) is 3.57. The number of hydrogen-bond donors (Lipinski definition) is 0. The van der Waals surface area contributed by atoms with Crippen molar-refractivity contribution >= 4 is 23.1 Å². The molecule has 0 saturated carbocycles. The molecule has 0 amide bonds. The van der Waals surface area contributed by atoms with E-state index in [1.54, 1.807) is 12.2 Å². The summed E-state index contributed by atoms with van der Waals surface area (Å²) >= 11 is 6.21. The second-order valence-corrected chi connectivity index (χ2v) is 4.67. The van der Waals surface area contributed by atoms with E-state index < -0.39 is 16.8 Å². The molecule has 19 heavy (non-hydrogen) atoms. The van der Waals surface area contributed by atoms with Crippen molar-refractivity contribution in [2.24, 2.45) is 5.41 Å². The molecule has 0 spiro atoms. The van der Waals surface area contributed by atoms with Crippen molar-refractivity contribution in [2.45, 2.75) is 5.38 Å². The molecule has 96 valence electrons. The molecular weight excluding hydrogens is 262 g/mol. The number of hydrogen-bond acceptors (Lipinski definition) is 3. The number of benzene rings is 1. The van der Waals surface area contributed by atoms with Crippen molar-refractivity contribution in [3.8, 4) is 6.07 Å². The zero-order valence-electron chi connectivity index (χ0n) is 10.3. The van der Waals surface area contributed by atoms with Crippen LogP contribution in [0.2, 0.25) is 0 Å². The third-order valence-electron chi connectivity index (χ3n) is 3.10. The Labute approximate surface area is 116 Å². The molecule has 0 saturated heterocycles. The van der Waals surface area contributed by atoms with Crippen LogP contribution in [0.15, 0.2) is 48.6 Å². The van der Waals surface area contributed by atoms with Crippen molar-refractivity contribution in [1.82, 2.24) is 0 Å². The summed E-state index contributed by atoms with van der Waals surface area (Å²) in [6, 6.07) is 11.6. The lowest BCUT2D eigenvalue weighted by atomic mass is 9.80. The summed E-state index contributed by atoms with van der Waals surface area (Å²) < 4.78 is 4.67. The number of nitrogens with zero attached hydrogens (tertiary/aromatic N) is 1. The van der Waals surface area contributed by atoms with Crippen LogP contribution in [0.25, 0.3) is 5.57 Å². The fourth-order valence-corrected chi connectivity index (χ4v) is 2.32. The quantitative estimate of drug-likeness (QED) is 0.615. The maximum atomic E-state index is 11.8. The van der Waals surface area contributed by atoms with Gasteiger partial charge in [0.1, 0.15) is 0 Å². The van der Waals surface area contributed by atoms with Gasteiger partial charge in [-0.15, -0.1) is 11.6 Å². The zero-order chi connectivity index (χ0) is 13.9. The first-order valence-corrected chi connectivity index (χ1v) is 6.18. The molecule has 0 aromatic heterocycles. The second kappa shape index (κ2) is 5.29. The monoisotopic (exact) mass is 273 g/mol. The molecule has 2 unspecified atom stereocenters. The fraction of sp³-hybridized carbons (Fsp3) is 0.200. The topological polar surface area (TPSA) is 50.1 Å². The van der Waals surface area contributed by atoms with Gasteiger partial charge in [-0.3, -0.25) is 0 Å². The van der Waals surface area contributed by atoms with E-state index in [1.807, 2.05) is 36.4 Å². The van der Waals surface area contributed by atoms with Crippen LogP contribution < -0.4 is 0 Å². The molecule has 1 aromatic rings. The molecule has 4 heteroatoms. The predicted octanol–water partition coefficient (Wildman–Crippen LogP) is 2.93. The lowest BCUT2D eigenvalue weighted by Crippen LogP contribution is -2.38. The average molecular weight is 274 g/mol. The number of carbonyl (C=O) groups excluding carboxylic acids is 1. The van der Waals surface area contributed by atoms with E-state index in [1.165, 1.54) is 13.2 Å². The molecule has 1 aliphatic rings. The Hall–Kier alpha value is -2.05. The SMILES string of the molecule is COC(=O)C1(C#N)C=CC(c2ccccc2)=CC1Cl. The Morgan fingerprint density at radius 3 is 2.63 bits per heavy atom. The van der Waals surface area contributed by atoms with Crippen molar-refractivity contribution in [3.05, 3.63) is 54.1 Å². The first-order chi connectivity index (χ1) is 9.14. The van der Waals surface area contributed by atoms with Gasteiger partial charge >= 0.3 is 5.97 Å². The number of rotatable bonds is 2. The molecule has 1 aromatic carbocycles. The van der Waals surface area contributed by atoms with Gasteiger partial charge in [0.2, 0.25) is 0 Å². The fourth-order valence-electron chi connectivity index (χ4n) is 1.97. The molecule has 0 heterocycles. The van der Waals surface area contributed by atoms with Gasteiger partial charge in [0.05, 0.1) is 18.6 Å². The van der Waals surface area contributed by atoms with Crippen LogP contribution in [0.4, 0.5) is 0 Å². The Morgan fingerprint density at radius 2 is 2.11 bits per heavy atom. The lowest BCUT2D eigenvalue weighted by molar-refractivity contribution is -0.146. The maximum Gasteiger partial charge on any atom is 0.332 e. The Morgan fingerprint density at radius 1 is 1.42 bits per heavy atom. The van der Waals surface area contributed by atoms with Gasteiger partial charge in [-0.1, -0.05) is 48.6 Å². The second-order valence-electron chi connectivity index (χ2n) is 4.20. The predicted molar refractivity (Wildman–Crippen MR) is 73.3 cm³/mol. The molecule has 0 radical (unpaired) electrons. The van der Waals surface area contributed by atoms with Crippen molar-refractivity contribution in [2.75, 3.05) is 7.11 Å². The van der Waals surface area contributed by atoms with Gasteiger partial charge in [0.15, 0.2) is 5.41 Å². The summed E-state index contributed by atoms with van der Waals surface area (Å²) in [6.45, 7) is 0. The maximum absolute atomic E-state index is 11.8. The van der Waals surface area contributed by atoms with E-state index in [2.05, 4.69) is 4.74 Å². The molecule has 2 atom stereocenters. The smallest absolute Gasteiger partial charge is 0.332 e. The van der Waals surface area contributed by atoms with Crippen LogP contribution in [0.1, 0.15) is 5.56 Å². The molecule has 0 bridgehead atoms. The third kappa shape index (κ3) is 2.27. The highest BCUT2D eigenvalue weighted by Gasteiger charge is 2.45. The highest BCUT2D eigenvalue weighted by atomic mass is 35.5. The number of allylic oxidation sites excluding steroid dienone is 3. The molecule has 0 fully saturated rings. The normalized spacial score (nSPS) is 25.3. The average Bonchev–Trinajstić information content (AvgIpc) is 2.47. The van der Waals surface area contributed by atoms with E-state index in [-0.39, 0.29) is 0 Å². The van der Waals surface area contributed by atoms with Gasteiger partial charge in [0.25, 0.3) is 0 Å². The number of methoxy groups -OCH3 is 1. The summed E-state index contributed by atoms with van der Waals surface area (Å²) in [5.41, 5.74) is 0.422. The van der Waals surface area contributed by atoms with E-state index in [0.717, 1.165) is 11.1 Å². The van der Waals surface area contributed by atoms with Gasteiger partial charge in [-0.2, -0.15) is 5.26 Å². The number of ether oxygens (including phenoxy) is 1. The zero-order valence-corrected chi connectivity index (χ0v) is 11.1. The lowest BCUT2D eigenvalue weighted by Gasteiger charge is -2.27. The number of esters is 1. The van der Waals surface area contributed by atoms with E-state index >= 15 is 0 Å². The Kier molecular flexibility index (Phi) is 3.73. The number of alkyl halides is 1. The van der Waals surface area contributed by atoms with Crippen LogP contribution >= 0.6 is 11.6 Å². The first-order valence-electron chi connectivity index (χ1n) is 5.74. The number of halogens is 1. The van der Waals surface area contributed by atoms with Gasteiger partial charge in [-0.25, -0.2) is 4.79 Å². The van der Waals surface area contributed by atoms with Crippen LogP contribution in [0, 0.1) is 16.7 Å². The highest BCUT2D eigenvalue weighted by molar-refractivity contribution is 6.25. The van der Waals surface area contributed by atoms with Gasteiger partial charge in [-0.05, 0) is 11.1 Å². The summed E-state index contributed by atoms with van der Waals surface area (Å²) in [7, 11) is 1.25. The first kappa shape index (κ1) is 13.4. The van der Waals surface area contributed by atoms with Crippen LogP contribution in [-0.2, 0) is 9.53 Å². The van der Waals surface area contributed by atoms with E-state index in [0.29, 0.717) is 0 Å². The van der Waals surface area contributed by atoms with Gasteiger partial charge in [0, 0.05) is 0 Å². The van der Waals surface area contributed by atoms with Gasteiger partial charge < -0.3 is 4.74 Å². The van der Waals surface area contributed by atoms with Crippen molar-refractivity contribution in [1.29, 1.82) is 5.26 Å². The van der Waals surface area contributed by atoms with Crippen LogP contribution in [0.5, 0.6) is 0 Å². The Bertz CT molecular complexity index is 586.